The number of aromatic nitrogens is 1. The van der Waals surface area contributed by atoms with E-state index in [1.165, 1.54) is 24.9 Å². The van der Waals surface area contributed by atoms with E-state index < -0.39 is 53.2 Å². The molecule has 0 aliphatic carbocycles. The van der Waals surface area contributed by atoms with Gasteiger partial charge in [0.1, 0.15) is 12.1 Å². The average molecular weight is 638 g/mol. The van der Waals surface area contributed by atoms with Crippen molar-refractivity contribution in [3.05, 3.63) is 59.8 Å². The van der Waals surface area contributed by atoms with Gasteiger partial charge in [0.05, 0.1) is 36.1 Å². The third-order valence-corrected chi connectivity index (χ3v) is 8.01. The van der Waals surface area contributed by atoms with E-state index in [0.29, 0.717) is 30.6 Å². The lowest BCUT2D eigenvalue weighted by Gasteiger charge is -2.39. The van der Waals surface area contributed by atoms with Gasteiger partial charge in [-0.3, -0.25) is 24.4 Å². The van der Waals surface area contributed by atoms with Crippen LogP contribution in [0, 0.1) is 0 Å². The van der Waals surface area contributed by atoms with Crippen molar-refractivity contribution in [2.24, 2.45) is 0 Å². The van der Waals surface area contributed by atoms with Crippen molar-refractivity contribution in [2.45, 2.75) is 82.9 Å². The number of fused-ring (bicyclic) bond motifs is 1. The Balaban J connectivity index is 1.40. The molecule has 46 heavy (non-hydrogen) atoms. The van der Waals surface area contributed by atoms with Gasteiger partial charge in [-0.25, -0.2) is 10.2 Å². The zero-order chi connectivity index (χ0) is 33.8. The smallest absolute Gasteiger partial charge is 0.342 e. The summed E-state index contributed by atoms with van der Waals surface area (Å²) in [6.45, 7) is 12.4. The number of aliphatic hydroxyl groups is 1. The molecule has 13 nitrogen and oxygen atoms in total. The van der Waals surface area contributed by atoms with E-state index in [2.05, 4.69) is 22.6 Å². The number of benzene rings is 1. The SMILES string of the molecule is C=C(C)[C@H](O)C(=O)N[C@@H](C)C(=O)N1CCC[C@@H](C(=O)N[C@H](C)c2ccc3ccc(/C=C/C4(C(=O)O)COC(C)(C)CO4)cc3n2)N1. The molecule has 13 heteroatoms. The lowest BCUT2D eigenvalue weighted by atomic mass is 9.99. The number of rotatable bonds is 10. The molecule has 3 amide bonds. The largest absolute Gasteiger partial charge is 0.479 e. The summed E-state index contributed by atoms with van der Waals surface area (Å²) in [5.74, 6) is -2.60. The monoisotopic (exact) mass is 637 g/mol. The van der Waals surface area contributed by atoms with Crippen LogP contribution in [-0.4, -0.2) is 93.0 Å². The summed E-state index contributed by atoms with van der Waals surface area (Å²) >= 11 is 0. The molecule has 5 N–H and O–H groups in total. The zero-order valence-electron chi connectivity index (χ0n) is 26.8. The van der Waals surface area contributed by atoms with Crippen molar-refractivity contribution in [3.63, 3.8) is 0 Å². The van der Waals surface area contributed by atoms with Gasteiger partial charge in [0.25, 0.3) is 11.8 Å². The van der Waals surface area contributed by atoms with E-state index >= 15 is 0 Å². The Bertz CT molecular complexity index is 1530. The molecule has 4 rings (SSSR count). The van der Waals surface area contributed by atoms with E-state index in [0.717, 1.165) is 10.9 Å². The Labute approximate surface area is 268 Å². The van der Waals surface area contributed by atoms with Crippen LogP contribution in [0.25, 0.3) is 17.0 Å². The molecule has 2 saturated heterocycles. The van der Waals surface area contributed by atoms with Gasteiger partial charge in [-0.05, 0) is 76.8 Å². The highest BCUT2D eigenvalue weighted by molar-refractivity contribution is 5.90. The molecule has 0 bridgehead atoms. The Hall–Kier alpha value is -4.17. The highest BCUT2D eigenvalue weighted by Gasteiger charge is 2.44. The van der Waals surface area contributed by atoms with Crippen LogP contribution in [0.1, 0.15) is 64.8 Å². The predicted molar refractivity (Wildman–Crippen MR) is 170 cm³/mol. The molecular weight excluding hydrogens is 594 g/mol. The van der Waals surface area contributed by atoms with Crippen LogP contribution in [0.5, 0.6) is 0 Å². The minimum atomic E-state index is -1.59. The van der Waals surface area contributed by atoms with Gasteiger partial charge in [0.15, 0.2) is 6.10 Å². The molecule has 0 spiro atoms. The average Bonchev–Trinajstić information content (AvgIpc) is 3.03. The third kappa shape index (κ3) is 8.15. The van der Waals surface area contributed by atoms with Gasteiger partial charge < -0.3 is 30.3 Å². The number of carbonyl (C=O) groups excluding carboxylic acids is 3. The van der Waals surface area contributed by atoms with E-state index in [1.807, 2.05) is 51.1 Å². The minimum Gasteiger partial charge on any atom is -0.479 e. The van der Waals surface area contributed by atoms with Gasteiger partial charge in [0, 0.05) is 11.9 Å². The molecule has 1 aromatic heterocycles. The number of carboxylic acids is 1. The number of hydrazine groups is 1. The normalized spacial score (nSPS) is 23.3. The fourth-order valence-electron chi connectivity index (χ4n) is 5.04. The highest BCUT2D eigenvalue weighted by Crippen LogP contribution is 2.28. The number of hydrogen-bond acceptors (Lipinski definition) is 9. The Morgan fingerprint density at radius 1 is 1.13 bits per heavy atom. The van der Waals surface area contributed by atoms with Crippen molar-refractivity contribution in [2.75, 3.05) is 19.8 Å². The molecule has 1 aromatic carbocycles. The number of carbonyl (C=O) groups is 4. The van der Waals surface area contributed by atoms with Crippen LogP contribution in [0.3, 0.4) is 0 Å². The number of nitrogens with one attached hydrogen (secondary N) is 3. The molecule has 2 aliphatic heterocycles. The maximum absolute atomic E-state index is 13.2. The molecule has 3 heterocycles. The predicted octanol–water partition coefficient (Wildman–Crippen LogP) is 2.01. The molecule has 0 saturated carbocycles. The van der Waals surface area contributed by atoms with E-state index in [1.54, 1.807) is 6.08 Å². The van der Waals surface area contributed by atoms with Gasteiger partial charge in [-0.1, -0.05) is 30.9 Å². The molecule has 2 aromatic rings. The first kappa shape index (κ1) is 34.7. The van der Waals surface area contributed by atoms with Gasteiger partial charge in [0.2, 0.25) is 11.5 Å². The number of nitrogens with zero attached hydrogens (tertiary/aromatic N) is 2. The Morgan fingerprint density at radius 3 is 2.50 bits per heavy atom. The number of aliphatic hydroxyl groups excluding tert-OH is 1. The standard InChI is InChI=1S/C33H43N5O8/c1-19(2)27(39)29(41)35-21(4)30(42)38-15-7-8-25(37-38)28(40)34-20(3)24-12-11-23-10-9-22(16-26(23)36-24)13-14-33(31(43)44)18-45-32(5,6)17-46-33/h9-14,16,20-21,25,27,37,39H,1,7-8,15,17-18H2,2-6H3,(H,34,40)(H,35,41)(H,43,44)/b14-13+/t20-,21+,25+,27+,33?/m1/s1. The quantitative estimate of drug-likeness (QED) is 0.242. The maximum Gasteiger partial charge on any atom is 0.342 e. The summed E-state index contributed by atoms with van der Waals surface area (Å²) in [4.78, 5) is 55.1. The van der Waals surface area contributed by atoms with Gasteiger partial charge in [-0.15, -0.1) is 0 Å². The zero-order valence-corrected chi connectivity index (χ0v) is 26.8. The molecule has 5 atom stereocenters. The number of amides is 3. The summed E-state index contributed by atoms with van der Waals surface area (Å²) in [7, 11) is 0. The second-order valence-corrected chi connectivity index (χ2v) is 12.6. The maximum atomic E-state index is 13.2. The van der Waals surface area contributed by atoms with Crippen LogP contribution >= 0.6 is 0 Å². The van der Waals surface area contributed by atoms with Crippen molar-refractivity contribution in [1.29, 1.82) is 0 Å². The summed E-state index contributed by atoms with van der Waals surface area (Å²) in [5, 5.41) is 27.4. The molecule has 2 fully saturated rings. The lowest BCUT2D eigenvalue weighted by molar-refractivity contribution is -0.216. The van der Waals surface area contributed by atoms with E-state index in [-0.39, 0.29) is 24.7 Å². The van der Waals surface area contributed by atoms with E-state index in [4.69, 9.17) is 14.5 Å². The first-order valence-corrected chi connectivity index (χ1v) is 15.2. The Morgan fingerprint density at radius 2 is 1.85 bits per heavy atom. The topological polar surface area (TPSA) is 179 Å². The highest BCUT2D eigenvalue weighted by atomic mass is 16.6. The fraction of sp³-hybridized carbons (Fsp3) is 0.485. The second kappa shape index (κ2) is 14.1. The minimum absolute atomic E-state index is 0.115. The van der Waals surface area contributed by atoms with Crippen molar-refractivity contribution in [3.8, 4) is 0 Å². The number of carboxylic acid groups (broad SMARTS) is 1. The molecule has 0 radical (unpaired) electrons. The Kier molecular flexibility index (Phi) is 10.6. The number of hydrogen-bond donors (Lipinski definition) is 5. The van der Waals surface area contributed by atoms with Crippen LogP contribution in [-0.2, 0) is 28.7 Å². The van der Waals surface area contributed by atoms with Crippen LogP contribution in [0.15, 0.2) is 48.6 Å². The van der Waals surface area contributed by atoms with Crippen molar-refractivity contribution < 1.29 is 38.9 Å². The van der Waals surface area contributed by atoms with Gasteiger partial charge in [-0.2, -0.15) is 0 Å². The lowest BCUT2D eigenvalue weighted by Crippen LogP contribution is -2.61. The second-order valence-electron chi connectivity index (χ2n) is 12.6. The van der Waals surface area contributed by atoms with Gasteiger partial charge >= 0.3 is 5.97 Å². The fourth-order valence-corrected chi connectivity index (χ4v) is 5.04. The summed E-state index contributed by atoms with van der Waals surface area (Å²) in [6, 6.07) is 7.21. The number of pyridine rings is 1. The van der Waals surface area contributed by atoms with Crippen molar-refractivity contribution >= 4 is 40.7 Å². The van der Waals surface area contributed by atoms with Crippen LogP contribution in [0.2, 0.25) is 0 Å². The molecular formula is C33H43N5O8. The summed E-state index contributed by atoms with van der Waals surface area (Å²) in [5.41, 5.74) is 3.06. The number of ether oxygens (including phenoxy) is 2. The molecule has 2 aliphatic rings. The van der Waals surface area contributed by atoms with Crippen LogP contribution < -0.4 is 16.1 Å². The first-order valence-electron chi connectivity index (χ1n) is 15.2. The summed E-state index contributed by atoms with van der Waals surface area (Å²) < 4.78 is 11.5. The molecule has 248 valence electrons. The molecule has 1 unspecified atom stereocenters. The summed E-state index contributed by atoms with van der Waals surface area (Å²) in [6.07, 6.45) is 2.82. The van der Waals surface area contributed by atoms with Crippen LogP contribution in [0.4, 0.5) is 0 Å². The number of aliphatic carboxylic acids is 1. The van der Waals surface area contributed by atoms with Crippen molar-refractivity contribution in [1.82, 2.24) is 26.1 Å². The van der Waals surface area contributed by atoms with E-state index in [9.17, 15) is 29.4 Å². The third-order valence-electron chi connectivity index (χ3n) is 8.01. The first-order chi connectivity index (χ1) is 21.6.